The minimum absolute atomic E-state index is 0.0293. The summed E-state index contributed by atoms with van der Waals surface area (Å²) in [4.78, 5) is 17.3. The van der Waals surface area contributed by atoms with Crippen LogP contribution in [0.1, 0.15) is 19.4 Å². The molecular formula is C13H16N4O2. The van der Waals surface area contributed by atoms with Crippen molar-refractivity contribution in [3.63, 3.8) is 0 Å². The number of likely N-dealkylation sites (tertiary alicyclic amines) is 1. The number of nitriles is 1. The summed E-state index contributed by atoms with van der Waals surface area (Å²) in [5.74, 6) is 0.480. The molecule has 0 aromatic carbocycles. The molecule has 0 bridgehead atoms. The van der Waals surface area contributed by atoms with Crippen LogP contribution in [0.25, 0.3) is 0 Å². The fourth-order valence-corrected chi connectivity index (χ4v) is 1.70. The molecule has 100 valence electrons. The minimum atomic E-state index is -0.0670. The van der Waals surface area contributed by atoms with Crippen LogP contribution in [-0.4, -0.2) is 41.2 Å². The molecule has 2 rings (SSSR count). The maximum atomic E-state index is 11.6. The van der Waals surface area contributed by atoms with E-state index in [4.69, 9.17) is 10.00 Å². The quantitative estimate of drug-likeness (QED) is 0.883. The van der Waals surface area contributed by atoms with Gasteiger partial charge in [0.05, 0.1) is 18.7 Å². The summed E-state index contributed by atoms with van der Waals surface area (Å²) in [7, 11) is 0. The molecule has 2 amide bonds. The fourth-order valence-electron chi connectivity index (χ4n) is 1.70. The molecule has 1 aromatic rings. The van der Waals surface area contributed by atoms with E-state index in [0.717, 1.165) is 0 Å². The molecule has 0 radical (unpaired) electrons. The number of carbonyl (C=O) groups excluding carboxylic acids is 1. The molecule has 1 saturated heterocycles. The van der Waals surface area contributed by atoms with Gasteiger partial charge in [0.2, 0.25) is 5.88 Å². The Morgan fingerprint density at radius 2 is 2.32 bits per heavy atom. The molecule has 0 aliphatic carbocycles. The van der Waals surface area contributed by atoms with Gasteiger partial charge in [-0.1, -0.05) is 0 Å². The topological polar surface area (TPSA) is 78.3 Å². The molecule has 0 unspecified atom stereocenters. The van der Waals surface area contributed by atoms with Crippen molar-refractivity contribution >= 4 is 6.03 Å². The standard InChI is InChI=1S/C13H16N4O2/c1-9(2)16-13(18)17-7-11(8-17)19-12-4-3-10(5-14)6-15-12/h3-4,6,9,11H,7-8H2,1-2H3,(H,16,18). The third-order valence-corrected chi connectivity index (χ3v) is 2.70. The maximum Gasteiger partial charge on any atom is 0.317 e. The molecule has 1 aromatic heterocycles. The molecule has 2 heterocycles. The van der Waals surface area contributed by atoms with E-state index in [0.29, 0.717) is 24.5 Å². The Morgan fingerprint density at radius 3 is 2.84 bits per heavy atom. The predicted octanol–water partition coefficient (Wildman–Crippen LogP) is 1.13. The Labute approximate surface area is 112 Å². The third-order valence-electron chi connectivity index (χ3n) is 2.70. The first-order valence-electron chi connectivity index (χ1n) is 6.16. The number of ether oxygens (including phenoxy) is 1. The zero-order valence-corrected chi connectivity index (χ0v) is 11.0. The number of rotatable bonds is 3. The molecule has 19 heavy (non-hydrogen) atoms. The summed E-state index contributed by atoms with van der Waals surface area (Å²) >= 11 is 0. The van der Waals surface area contributed by atoms with Gasteiger partial charge in [0.15, 0.2) is 0 Å². The van der Waals surface area contributed by atoms with Gasteiger partial charge in [-0.2, -0.15) is 5.26 Å². The first-order valence-corrected chi connectivity index (χ1v) is 6.16. The second kappa shape index (κ2) is 5.57. The highest BCUT2D eigenvalue weighted by Gasteiger charge is 2.32. The van der Waals surface area contributed by atoms with Crippen molar-refractivity contribution in [3.05, 3.63) is 23.9 Å². The minimum Gasteiger partial charge on any atom is -0.471 e. The van der Waals surface area contributed by atoms with Crippen LogP contribution >= 0.6 is 0 Å². The van der Waals surface area contributed by atoms with Crippen molar-refractivity contribution in [3.8, 4) is 11.9 Å². The van der Waals surface area contributed by atoms with Crippen molar-refractivity contribution in [1.82, 2.24) is 15.2 Å². The van der Waals surface area contributed by atoms with Crippen LogP contribution in [0.4, 0.5) is 4.79 Å². The lowest BCUT2D eigenvalue weighted by molar-refractivity contribution is 0.0408. The summed E-state index contributed by atoms with van der Waals surface area (Å²) in [5.41, 5.74) is 0.499. The molecule has 0 saturated carbocycles. The van der Waals surface area contributed by atoms with E-state index in [-0.39, 0.29) is 18.2 Å². The monoisotopic (exact) mass is 260 g/mol. The summed E-state index contributed by atoms with van der Waals surface area (Å²) in [6, 6.07) is 5.38. The van der Waals surface area contributed by atoms with Crippen molar-refractivity contribution < 1.29 is 9.53 Å². The molecular weight excluding hydrogens is 244 g/mol. The van der Waals surface area contributed by atoms with Gasteiger partial charge in [0, 0.05) is 18.3 Å². The Kier molecular flexibility index (Phi) is 3.85. The van der Waals surface area contributed by atoms with Crippen LogP contribution in [0, 0.1) is 11.3 Å². The number of aromatic nitrogens is 1. The number of urea groups is 1. The van der Waals surface area contributed by atoms with Gasteiger partial charge in [-0.05, 0) is 19.9 Å². The van der Waals surface area contributed by atoms with E-state index < -0.39 is 0 Å². The third kappa shape index (κ3) is 3.35. The van der Waals surface area contributed by atoms with Gasteiger partial charge in [0.25, 0.3) is 0 Å². The number of pyridine rings is 1. The summed E-state index contributed by atoms with van der Waals surface area (Å²) in [6.45, 7) is 4.96. The Bertz CT molecular complexity index is 486. The smallest absolute Gasteiger partial charge is 0.317 e. The summed E-state index contributed by atoms with van der Waals surface area (Å²) < 4.78 is 5.59. The van der Waals surface area contributed by atoms with Gasteiger partial charge in [-0.15, -0.1) is 0 Å². The Morgan fingerprint density at radius 1 is 1.58 bits per heavy atom. The van der Waals surface area contributed by atoms with E-state index in [1.807, 2.05) is 19.9 Å². The SMILES string of the molecule is CC(C)NC(=O)N1CC(Oc2ccc(C#N)cn2)C1. The number of hydrogen-bond acceptors (Lipinski definition) is 4. The average Bonchev–Trinajstić information content (AvgIpc) is 2.33. The lowest BCUT2D eigenvalue weighted by Crippen LogP contribution is -2.59. The van der Waals surface area contributed by atoms with Crippen LogP contribution in [0.15, 0.2) is 18.3 Å². The maximum absolute atomic E-state index is 11.6. The Balaban J connectivity index is 1.78. The summed E-state index contributed by atoms with van der Waals surface area (Å²) in [6.07, 6.45) is 1.44. The zero-order valence-electron chi connectivity index (χ0n) is 11.0. The zero-order chi connectivity index (χ0) is 13.8. The highest BCUT2D eigenvalue weighted by Crippen LogP contribution is 2.16. The van der Waals surface area contributed by atoms with Gasteiger partial charge in [-0.3, -0.25) is 0 Å². The van der Waals surface area contributed by atoms with Gasteiger partial charge < -0.3 is 15.0 Å². The van der Waals surface area contributed by atoms with Crippen LogP contribution in [0.5, 0.6) is 5.88 Å². The number of amides is 2. The first-order chi connectivity index (χ1) is 9.08. The fraction of sp³-hybridized carbons (Fsp3) is 0.462. The number of nitrogens with one attached hydrogen (secondary N) is 1. The molecule has 1 aliphatic heterocycles. The molecule has 6 nitrogen and oxygen atoms in total. The highest BCUT2D eigenvalue weighted by molar-refractivity contribution is 5.75. The molecule has 6 heteroatoms. The lowest BCUT2D eigenvalue weighted by atomic mass is 10.2. The van der Waals surface area contributed by atoms with Crippen molar-refractivity contribution in [2.24, 2.45) is 0 Å². The Hall–Kier alpha value is -2.29. The van der Waals surface area contributed by atoms with Crippen molar-refractivity contribution in [2.75, 3.05) is 13.1 Å². The second-order valence-electron chi connectivity index (χ2n) is 4.75. The molecule has 1 fully saturated rings. The highest BCUT2D eigenvalue weighted by atomic mass is 16.5. The normalized spacial score (nSPS) is 14.7. The molecule has 1 aliphatic rings. The van der Waals surface area contributed by atoms with E-state index in [2.05, 4.69) is 10.3 Å². The van der Waals surface area contributed by atoms with Gasteiger partial charge >= 0.3 is 6.03 Å². The van der Waals surface area contributed by atoms with E-state index in [1.165, 1.54) is 6.20 Å². The molecule has 0 spiro atoms. The van der Waals surface area contributed by atoms with Crippen LogP contribution in [-0.2, 0) is 0 Å². The average molecular weight is 260 g/mol. The van der Waals surface area contributed by atoms with Gasteiger partial charge in [-0.25, -0.2) is 9.78 Å². The van der Waals surface area contributed by atoms with E-state index in [1.54, 1.807) is 17.0 Å². The van der Waals surface area contributed by atoms with Crippen molar-refractivity contribution in [1.29, 1.82) is 5.26 Å². The first kappa shape index (κ1) is 13.1. The van der Waals surface area contributed by atoms with Crippen LogP contribution in [0.2, 0.25) is 0 Å². The van der Waals surface area contributed by atoms with Crippen molar-refractivity contribution in [2.45, 2.75) is 26.0 Å². The summed E-state index contributed by atoms with van der Waals surface area (Å²) in [5, 5.41) is 11.5. The van der Waals surface area contributed by atoms with E-state index >= 15 is 0 Å². The molecule has 1 N–H and O–H groups in total. The lowest BCUT2D eigenvalue weighted by Gasteiger charge is -2.38. The van der Waals surface area contributed by atoms with Crippen LogP contribution < -0.4 is 10.1 Å². The number of hydrogen-bond donors (Lipinski definition) is 1. The molecule has 0 atom stereocenters. The van der Waals surface area contributed by atoms with Crippen LogP contribution in [0.3, 0.4) is 0 Å². The number of carbonyl (C=O) groups is 1. The van der Waals surface area contributed by atoms with Gasteiger partial charge in [0.1, 0.15) is 12.2 Å². The second-order valence-corrected chi connectivity index (χ2v) is 4.75. The predicted molar refractivity (Wildman–Crippen MR) is 68.6 cm³/mol. The number of nitrogens with zero attached hydrogens (tertiary/aromatic N) is 3. The van der Waals surface area contributed by atoms with E-state index in [9.17, 15) is 4.79 Å². The largest absolute Gasteiger partial charge is 0.471 e.